The van der Waals surface area contributed by atoms with Gasteiger partial charge in [-0.2, -0.15) is 0 Å². The van der Waals surface area contributed by atoms with Crippen LogP contribution in [0, 0.1) is 5.41 Å². The molecule has 0 radical (unpaired) electrons. The fourth-order valence-corrected chi connectivity index (χ4v) is 1.53. The second-order valence-corrected chi connectivity index (χ2v) is 3.69. The van der Waals surface area contributed by atoms with Crippen LogP contribution in [0.4, 0.5) is 0 Å². The van der Waals surface area contributed by atoms with Crippen molar-refractivity contribution in [1.29, 1.82) is 5.41 Å². The molecule has 1 rings (SSSR count). The number of amides is 1. The van der Waals surface area contributed by atoms with Gasteiger partial charge in [-0.1, -0.05) is 29.3 Å². The van der Waals surface area contributed by atoms with Crippen LogP contribution >= 0.6 is 23.2 Å². The molecular formula is C10H9Cl2N3O. The lowest BCUT2D eigenvalue weighted by Gasteiger charge is -2.01. The first-order valence-corrected chi connectivity index (χ1v) is 5.03. The smallest absolute Gasteiger partial charge is 0.250 e. The molecule has 1 amide bonds. The number of rotatable bonds is 2. The molecule has 0 aliphatic carbocycles. The zero-order valence-corrected chi connectivity index (χ0v) is 9.64. The summed E-state index contributed by atoms with van der Waals surface area (Å²) in [5.41, 5.74) is 5.53. The largest absolute Gasteiger partial charge is 0.370 e. The number of nitrogens with two attached hydrogens (primary N) is 1. The Morgan fingerprint density at radius 1 is 1.38 bits per heavy atom. The third-order valence-corrected chi connectivity index (χ3v) is 2.32. The minimum absolute atomic E-state index is 0.417. The third kappa shape index (κ3) is 3.56. The summed E-state index contributed by atoms with van der Waals surface area (Å²) in [6.07, 6.45) is 2.66. The lowest BCUT2D eigenvalue weighted by atomic mass is 10.2. The van der Waals surface area contributed by atoms with Crippen molar-refractivity contribution in [1.82, 2.24) is 5.32 Å². The van der Waals surface area contributed by atoms with Gasteiger partial charge < -0.3 is 5.73 Å². The first-order valence-electron chi connectivity index (χ1n) is 4.28. The monoisotopic (exact) mass is 257 g/mol. The van der Waals surface area contributed by atoms with Gasteiger partial charge in [0.15, 0.2) is 5.96 Å². The Balaban J connectivity index is 2.84. The Morgan fingerprint density at radius 2 is 1.94 bits per heavy atom. The Kier molecular flexibility index (Phi) is 4.34. The molecule has 0 unspecified atom stereocenters. The van der Waals surface area contributed by atoms with Crippen molar-refractivity contribution in [2.75, 3.05) is 0 Å². The molecule has 0 aliphatic heterocycles. The maximum absolute atomic E-state index is 11.1. The molecule has 4 nitrogen and oxygen atoms in total. The van der Waals surface area contributed by atoms with Gasteiger partial charge in [0.05, 0.1) is 0 Å². The average molecular weight is 258 g/mol. The van der Waals surface area contributed by atoms with Gasteiger partial charge in [-0.05, 0) is 18.2 Å². The predicted molar refractivity (Wildman–Crippen MR) is 65.6 cm³/mol. The maximum Gasteiger partial charge on any atom is 0.250 e. The van der Waals surface area contributed by atoms with E-state index in [0.29, 0.717) is 15.6 Å². The van der Waals surface area contributed by atoms with Crippen LogP contribution in [-0.4, -0.2) is 11.9 Å². The van der Waals surface area contributed by atoms with Crippen LogP contribution in [0.5, 0.6) is 0 Å². The number of hydrogen-bond donors (Lipinski definition) is 3. The van der Waals surface area contributed by atoms with E-state index in [-0.39, 0.29) is 0 Å². The van der Waals surface area contributed by atoms with Crippen molar-refractivity contribution in [3.63, 3.8) is 0 Å². The second kappa shape index (κ2) is 5.53. The summed E-state index contributed by atoms with van der Waals surface area (Å²) in [6.45, 7) is 0. The molecule has 1 aromatic carbocycles. The van der Waals surface area contributed by atoms with Gasteiger partial charge in [-0.15, -0.1) is 0 Å². The molecule has 6 heteroatoms. The van der Waals surface area contributed by atoms with E-state index in [1.165, 1.54) is 12.2 Å². The van der Waals surface area contributed by atoms with Crippen molar-refractivity contribution in [3.8, 4) is 0 Å². The standard InChI is InChI=1S/C10H9Cl2N3O/c11-7-2-1-3-8(12)6(7)4-5-9(16)15-10(13)14/h1-5H,(H4,13,14,15,16)/b5-4+. The Morgan fingerprint density at radius 3 is 2.44 bits per heavy atom. The molecule has 0 atom stereocenters. The molecule has 0 bridgehead atoms. The van der Waals surface area contributed by atoms with Crippen molar-refractivity contribution in [2.45, 2.75) is 0 Å². The van der Waals surface area contributed by atoms with Gasteiger partial charge in [0.1, 0.15) is 0 Å². The van der Waals surface area contributed by atoms with Crippen LogP contribution in [-0.2, 0) is 4.79 Å². The van der Waals surface area contributed by atoms with E-state index in [1.54, 1.807) is 18.2 Å². The molecule has 16 heavy (non-hydrogen) atoms. The molecule has 84 valence electrons. The van der Waals surface area contributed by atoms with Crippen LogP contribution in [0.15, 0.2) is 24.3 Å². The van der Waals surface area contributed by atoms with E-state index >= 15 is 0 Å². The topological polar surface area (TPSA) is 79.0 Å². The van der Waals surface area contributed by atoms with E-state index in [9.17, 15) is 4.79 Å². The lowest BCUT2D eigenvalue weighted by Crippen LogP contribution is -2.34. The van der Waals surface area contributed by atoms with E-state index in [0.717, 1.165) is 0 Å². The molecule has 0 saturated heterocycles. The van der Waals surface area contributed by atoms with E-state index < -0.39 is 11.9 Å². The first-order chi connectivity index (χ1) is 7.50. The third-order valence-electron chi connectivity index (χ3n) is 1.66. The van der Waals surface area contributed by atoms with Crippen LogP contribution < -0.4 is 11.1 Å². The molecule has 0 aromatic heterocycles. The molecular weight excluding hydrogens is 249 g/mol. The molecule has 0 aliphatic rings. The summed E-state index contributed by atoms with van der Waals surface area (Å²) < 4.78 is 0. The van der Waals surface area contributed by atoms with Crippen LogP contribution in [0.3, 0.4) is 0 Å². The van der Waals surface area contributed by atoms with Crippen molar-refractivity contribution >= 4 is 41.1 Å². The van der Waals surface area contributed by atoms with E-state index in [1.807, 2.05) is 0 Å². The second-order valence-electron chi connectivity index (χ2n) is 2.87. The maximum atomic E-state index is 11.1. The Hall–Kier alpha value is -1.52. The van der Waals surface area contributed by atoms with Gasteiger partial charge in [0, 0.05) is 21.7 Å². The minimum atomic E-state index is -0.511. The summed E-state index contributed by atoms with van der Waals surface area (Å²) >= 11 is 11.8. The van der Waals surface area contributed by atoms with Crippen LogP contribution in [0.1, 0.15) is 5.56 Å². The van der Waals surface area contributed by atoms with Gasteiger partial charge >= 0.3 is 0 Å². The summed E-state index contributed by atoms with van der Waals surface area (Å²) in [6, 6.07) is 5.03. The van der Waals surface area contributed by atoms with Crippen molar-refractivity contribution in [2.24, 2.45) is 5.73 Å². The number of carbonyl (C=O) groups excluding carboxylic acids is 1. The number of nitrogens with one attached hydrogen (secondary N) is 2. The molecule has 4 N–H and O–H groups in total. The fourth-order valence-electron chi connectivity index (χ4n) is 1.00. The van der Waals surface area contributed by atoms with E-state index in [2.05, 4.69) is 5.32 Å². The predicted octanol–water partition coefficient (Wildman–Crippen LogP) is 2.02. The van der Waals surface area contributed by atoms with Crippen molar-refractivity contribution < 1.29 is 4.79 Å². The van der Waals surface area contributed by atoms with Gasteiger partial charge in [0.2, 0.25) is 0 Å². The average Bonchev–Trinajstić information content (AvgIpc) is 2.15. The number of benzene rings is 1. The Bertz CT molecular complexity index is 437. The molecule has 0 saturated carbocycles. The van der Waals surface area contributed by atoms with E-state index in [4.69, 9.17) is 34.3 Å². The molecule has 0 spiro atoms. The summed E-state index contributed by atoms with van der Waals surface area (Å²) in [5.74, 6) is -0.927. The first kappa shape index (κ1) is 12.5. The highest BCUT2D eigenvalue weighted by molar-refractivity contribution is 6.37. The number of carbonyl (C=O) groups is 1. The van der Waals surface area contributed by atoms with Crippen LogP contribution in [0.2, 0.25) is 10.0 Å². The highest BCUT2D eigenvalue weighted by Gasteiger charge is 2.02. The summed E-state index contributed by atoms with van der Waals surface area (Å²) in [4.78, 5) is 11.1. The molecule has 0 heterocycles. The van der Waals surface area contributed by atoms with Gasteiger partial charge in [0.25, 0.3) is 5.91 Å². The summed E-state index contributed by atoms with van der Waals surface area (Å²) in [7, 11) is 0. The molecule has 1 aromatic rings. The van der Waals surface area contributed by atoms with Gasteiger partial charge in [-0.25, -0.2) is 0 Å². The zero-order valence-electron chi connectivity index (χ0n) is 8.13. The Labute approximate surface area is 103 Å². The zero-order chi connectivity index (χ0) is 12.1. The van der Waals surface area contributed by atoms with Crippen LogP contribution in [0.25, 0.3) is 6.08 Å². The molecule has 0 fully saturated rings. The number of halogens is 2. The minimum Gasteiger partial charge on any atom is -0.370 e. The SMILES string of the molecule is N=C(N)NC(=O)/C=C/c1c(Cl)cccc1Cl. The number of hydrogen-bond acceptors (Lipinski definition) is 2. The quantitative estimate of drug-likeness (QED) is 0.431. The highest BCUT2D eigenvalue weighted by Crippen LogP contribution is 2.25. The lowest BCUT2D eigenvalue weighted by molar-refractivity contribution is -0.115. The number of guanidine groups is 1. The fraction of sp³-hybridized carbons (Fsp3) is 0. The highest BCUT2D eigenvalue weighted by atomic mass is 35.5. The van der Waals surface area contributed by atoms with Gasteiger partial charge in [-0.3, -0.25) is 15.5 Å². The normalized spacial score (nSPS) is 10.4. The van der Waals surface area contributed by atoms with Crippen molar-refractivity contribution in [3.05, 3.63) is 39.9 Å². The summed E-state index contributed by atoms with van der Waals surface area (Å²) in [5, 5.41) is 9.84.